The number of benzene rings is 2. The van der Waals surface area contributed by atoms with Crippen LogP contribution in [-0.4, -0.2) is 24.5 Å². The van der Waals surface area contributed by atoms with Gasteiger partial charge >= 0.3 is 0 Å². The van der Waals surface area contributed by atoms with Gasteiger partial charge in [-0.15, -0.1) is 0 Å². The molecule has 0 radical (unpaired) electrons. The predicted molar refractivity (Wildman–Crippen MR) is 96.9 cm³/mol. The van der Waals surface area contributed by atoms with Gasteiger partial charge in [0, 0.05) is 16.8 Å². The van der Waals surface area contributed by atoms with Gasteiger partial charge in [0.25, 0.3) is 5.91 Å². The summed E-state index contributed by atoms with van der Waals surface area (Å²) in [5.74, 6) is 0.362. The van der Waals surface area contributed by atoms with Crippen LogP contribution in [0, 0.1) is 0 Å². The second kappa shape index (κ2) is 8.03. The highest BCUT2D eigenvalue weighted by atomic mass is 35.5. The molecule has 0 atom stereocenters. The lowest BCUT2D eigenvalue weighted by Crippen LogP contribution is -2.26. The molecule has 0 aromatic heterocycles. The lowest BCUT2D eigenvalue weighted by molar-refractivity contribution is -0.120. The van der Waals surface area contributed by atoms with Crippen molar-refractivity contribution < 1.29 is 14.3 Å². The molecule has 3 rings (SSSR count). The van der Waals surface area contributed by atoms with Crippen molar-refractivity contribution in [2.24, 2.45) is 0 Å². The summed E-state index contributed by atoms with van der Waals surface area (Å²) in [5, 5.41) is 6.32. The summed E-state index contributed by atoms with van der Waals surface area (Å²) in [6, 6.07) is 14.4. The molecule has 2 aromatic carbocycles. The van der Waals surface area contributed by atoms with Crippen LogP contribution in [0.2, 0.25) is 5.02 Å². The summed E-state index contributed by atoms with van der Waals surface area (Å²) >= 11 is 5.79. The third-order valence-electron chi connectivity index (χ3n) is 3.73. The van der Waals surface area contributed by atoms with E-state index in [0.29, 0.717) is 28.9 Å². The SMILES string of the molecule is O=C(COc1ccc(Cl)cc1)Nc1ccc(CC(=O)NC2CC2)cc1. The molecule has 1 aliphatic carbocycles. The van der Waals surface area contributed by atoms with E-state index in [1.54, 1.807) is 36.4 Å². The molecule has 1 aliphatic rings. The van der Waals surface area contributed by atoms with Crippen molar-refractivity contribution in [2.75, 3.05) is 11.9 Å². The summed E-state index contributed by atoms with van der Waals surface area (Å²) in [6.07, 6.45) is 2.51. The fraction of sp³-hybridized carbons (Fsp3) is 0.263. The number of halogens is 1. The summed E-state index contributed by atoms with van der Waals surface area (Å²) in [7, 11) is 0. The number of carbonyl (C=O) groups is 2. The second-order valence-electron chi connectivity index (χ2n) is 6.01. The maximum absolute atomic E-state index is 11.9. The van der Waals surface area contributed by atoms with Crippen LogP contribution in [0.3, 0.4) is 0 Å². The number of amides is 2. The number of carbonyl (C=O) groups excluding carboxylic acids is 2. The molecule has 0 spiro atoms. The molecule has 25 heavy (non-hydrogen) atoms. The van der Waals surface area contributed by atoms with Gasteiger partial charge in [-0.3, -0.25) is 9.59 Å². The lowest BCUT2D eigenvalue weighted by Gasteiger charge is -2.08. The Morgan fingerprint density at radius 1 is 1.00 bits per heavy atom. The summed E-state index contributed by atoms with van der Waals surface area (Å²) < 4.78 is 5.39. The highest BCUT2D eigenvalue weighted by Crippen LogP contribution is 2.19. The molecule has 2 N–H and O–H groups in total. The van der Waals surface area contributed by atoms with Gasteiger partial charge in [-0.25, -0.2) is 0 Å². The van der Waals surface area contributed by atoms with Gasteiger partial charge in [0.2, 0.25) is 5.91 Å². The van der Waals surface area contributed by atoms with E-state index in [2.05, 4.69) is 10.6 Å². The monoisotopic (exact) mass is 358 g/mol. The van der Waals surface area contributed by atoms with Crippen LogP contribution in [0.25, 0.3) is 0 Å². The summed E-state index contributed by atoms with van der Waals surface area (Å²) in [5.41, 5.74) is 1.57. The van der Waals surface area contributed by atoms with E-state index in [-0.39, 0.29) is 18.4 Å². The molecule has 1 saturated carbocycles. The Balaban J connectivity index is 1.44. The Hall–Kier alpha value is -2.53. The number of rotatable bonds is 7. The highest BCUT2D eigenvalue weighted by molar-refractivity contribution is 6.30. The summed E-state index contributed by atoms with van der Waals surface area (Å²) in [6.45, 7) is -0.0901. The lowest BCUT2D eigenvalue weighted by atomic mass is 10.1. The van der Waals surface area contributed by atoms with Crippen molar-refractivity contribution in [3.05, 3.63) is 59.1 Å². The zero-order valence-electron chi connectivity index (χ0n) is 13.6. The van der Waals surface area contributed by atoms with Crippen molar-refractivity contribution in [1.29, 1.82) is 0 Å². The minimum absolute atomic E-state index is 0.0376. The third kappa shape index (κ3) is 5.80. The van der Waals surface area contributed by atoms with Gasteiger partial charge in [0.1, 0.15) is 5.75 Å². The first-order valence-corrected chi connectivity index (χ1v) is 8.53. The molecule has 130 valence electrons. The Labute approximate surface area is 151 Å². The van der Waals surface area contributed by atoms with Crippen LogP contribution < -0.4 is 15.4 Å². The van der Waals surface area contributed by atoms with Crippen molar-refractivity contribution >= 4 is 29.1 Å². The van der Waals surface area contributed by atoms with Gasteiger partial charge in [-0.1, -0.05) is 23.7 Å². The van der Waals surface area contributed by atoms with E-state index in [0.717, 1.165) is 18.4 Å². The molecule has 2 amide bonds. The van der Waals surface area contributed by atoms with Crippen LogP contribution in [0.1, 0.15) is 18.4 Å². The molecule has 0 bridgehead atoms. The number of anilines is 1. The molecule has 0 unspecified atom stereocenters. The first-order chi connectivity index (χ1) is 12.1. The molecule has 1 fully saturated rings. The topological polar surface area (TPSA) is 67.4 Å². The number of hydrogen-bond acceptors (Lipinski definition) is 3. The first kappa shape index (κ1) is 17.3. The average molecular weight is 359 g/mol. The zero-order valence-corrected chi connectivity index (χ0v) is 14.4. The van der Waals surface area contributed by atoms with Crippen LogP contribution >= 0.6 is 11.6 Å². The zero-order chi connectivity index (χ0) is 17.6. The maximum Gasteiger partial charge on any atom is 0.262 e. The Kier molecular flexibility index (Phi) is 5.56. The van der Waals surface area contributed by atoms with Gasteiger partial charge in [0.05, 0.1) is 6.42 Å². The minimum atomic E-state index is -0.255. The maximum atomic E-state index is 11.9. The Bertz CT molecular complexity index is 740. The fourth-order valence-electron chi connectivity index (χ4n) is 2.27. The Morgan fingerprint density at radius 2 is 1.68 bits per heavy atom. The minimum Gasteiger partial charge on any atom is -0.484 e. The van der Waals surface area contributed by atoms with Crippen LogP contribution in [0.5, 0.6) is 5.75 Å². The molecule has 6 heteroatoms. The number of ether oxygens (including phenoxy) is 1. The average Bonchev–Trinajstić information content (AvgIpc) is 3.40. The van der Waals surface area contributed by atoms with Crippen molar-refractivity contribution in [3.63, 3.8) is 0 Å². The normalized spacial score (nSPS) is 13.2. The molecule has 2 aromatic rings. The molecule has 5 nitrogen and oxygen atoms in total. The highest BCUT2D eigenvalue weighted by Gasteiger charge is 2.22. The summed E-state index contributed by atoms with van der Waals surface area (Å²) in [4.78, 5) is 23.7. The molecular weight excluding hydrogens is 340 g/mol. The largest absolute Gasteiger partial charge is 0.484 e. The predicted octanol–water partition coefficient (Wildman–Crippen LogP) is 3.18. The quantitative estimate of drug-likeness (QED) is 0.798. The van der Waals surface area contributed by atoms with E-state index in [1.165, 1.54) is 0 Å². The molecule has 0 saturated heterocycles. The number of hydrogen-bond donors (Lipinski definition) is 2. The van der Waals surface area contributed by atoms with E-state index >= 15 is 0 Å². The molecule has 0 heterocycles. The van der Waals surface area contributed by atoms with Crippen LogP contribution in [0.15, 0.2) is 48.5 Å². The smallest absolute Gasteiger partial charge is 0.262 e. The van der Waals surface area contributed by atoms with Crippen molar-refractivity contribution in [2.45, 2.75) is 25.3 Å². The Morgan fingerprint density at radius 3 is 2.32 bits per heavy atom. The second-order valence-corrected chi connectivity index (χ2v) is 6.44. The fourth-order valence-corrected chi connectivity index (χ4v) is 2.40. The van der Waals surface area contributed by atoms with E-state index in [4.69, 9.17) is 16.3 Å². The van der Waals surface area contributed by atoms with E-state index in [9.17, 15) is 9.59 Å². The standard InChI is InChI=1S/C19H19ClN2O3/c20-14-3-9-17(10-4-14)25-12-19(24)22-15-5-1-13(2-6-15)11-18(23)21-16-7-8-16/h1-6,9-10,16H,7-8,11-12H2,(H,21,23)(H,22,24). The molecule has 0 aliphatic heterocycles. The van der Waals surface area contributed by atoms with Gasteiger partial charge in [0.15, 0.2) is 6.61 Å². The van der Waals surface area contributed by atoms with Gasteiger partial charge in [-0.2, -0.15) is 0 Å². The van der Waals surface area contributed by atoms with Gasteiger partial charge < -0.3 is 15.4 Å². The molecular formula is C19H19ClN2O3. The first-order valence-electron chi connectivity index (χ1n) is 8.15. The van der Waals surface area contributed by atoms with Crippen LogP contribution in [0.4, 0.5) is 5.69 Å². The van der Waals surface area contributed by atoms with Gasteiger partial charge in [-0.05, 0) is 54.8 Å². The van der Waals surface area contributed by atoms with E-state index in [1.807, 2.05) is 12.1 Å². The van der Waals surface area contributed by atoms with E-state index < -0.39 is 0 Å². The third-order valence-corrected chi connectivity index (χ3v) is 3.98. The number of nitrogens with one attached hydrogen (secondary N) is 2. The van der Waals surface area contributed by atoms with Crippen molar-refractivity contribution in [3.8, 4) is 5.75 Å². The van der Waals surface area contributed by atoms with Crippen LogP contribution in [-0.2, 0) is 16.0 Å². The van der Waals surface area contributed by atoms with Crippen molar-refractivity contribution in [1.82, 2.24) is 5.32 Å².